The Balaban J connectivity index is 1.68. The van der Waals surface area contributed by atoms with Crippen molar-refractivity contribution >= 4 is 11.9 Å². The molecule has 122 valence electrons. The molecule has 3 aromatic rings. The SMILES string of the molecule is COc1nc(NCc2ccccc2)nc(NCc2cccnc2)n1. The minimum atomic E-state index is 0.259. The van der Waals surface area contributed by atoms with Gasteiger partial charge < -0.3 is 15.4 Å². The quantitative estimate of drug-likeness (QED) is 0.691. The molecule has 0 fully saturated rings. The average Bonchev–Trinajstić information content (AvgIpc) is 2.66. The van der Waals surface area contributed by atoms with Gasteiger partial charge in [0, 0.05) is 25.5 Å². The van der Waals surface area contributed by atoms with E-state index in [1.165, 1.54) is 7.11 Å². The van der Waals surface area contributed by atoms with Gasteiger partial charge in [-0.25, -0.2) is 0 Å². The van der Waals surface area contributed by atoms with Crippen molar-refractivity contribution in [1.29, 1.82) is 0 Å². The lowest BCUT2D eigenvalue weighted by atomic mass is 10.2. The van der Waals surface area contributed by atoms with Gasteiger partial charge in [0.25, 0.3) is 0 Å². The Bertz CT molecular complexity index is 705. The number of rotatable bonds is 7. The highest BCUT2D eigenvalue weighted by molar-refractivity contribution is 5.37. The van der Waals surface area contributed by atoms with Crippen LogP contribution in [0.4, 0.5) is 11.9 Å². The lowest BCUT2D eigenvalue weighted by Gasteiger charge is -2.09. The molecule has 0 aliphatic rings. The number of hydrogen-bond acceptors (Lipinski definition) is 7. The molecule has 0 amide bonds. The van der Waals surface area contributed by atoms with Crippen LogP contribution in [0, 0.1) is 0 Å². The monoisotopic (exact) mass is 322 g/mol. The Labute approximate surface area is 140 Å². The summed E-state index contributed by atoms with van der Waals surface area (Å²) in [5, 5.41) is 6.33. The first kappa shape index (κ1) is 15.7. The fraction of sp³-hybridized carbons (Fsp3) is 0.176. The van der Waals surface area contributed by atoms with E-state index in [9.17, 15) is 0 Å². The summed E-state index contributed by atoms with van der Waals surface area (Å²) in [6.45, 7) is 1.19. The van der Waals surface area contributed by atoms with Crippen molar-refractivity contribution in [2.75, 3.05) is 17.7 Å². The Kier molecular flexibility index (Phi) is 5.14. The van der Waals surface area contributed by atoms with Crippen LogP contribution in [-0.2, 0) is 13.1 Å². The van der Waals surface area contributed by atoms with Crippen molar-refractivity contribution in [3.63, 3.8) is 0 Å². The lowest BCUT2D eigenvalue weighted by molar-refractivity contribution is 0.379. The van der Waals surface area contributed by atoms with Gasteiger partial charge in [0.05, 0.1) is 7.11 Å². The van der Waals surface area contributed by atoms with Gasteiger partial charge in [-0.05, 0) is 17.2 Å². The molecule has 3 rings (SSSR count). The zero-order chi connectivity index (χ0) is 16.6. The van der Waals surface area contributed by atoms with Crippen LogP contribution >= 0.6 is 0 Å². The first-order chi connectivity index (χ1) is 11.8. The van der Waals surface area contributed by atoms with Crippen LogP contribution in [0.25, 0.3) is 0 Å². The number of anilines is 2. The Hall–Kier alpha value is -3.22. The molecule has 0 saturated heterocycles. The molecule has 1 aromatic carbocycles. The Morgan fingerprint density at radius 3 is 2.12 bits per heavy atom. The second-order valence-electron chi connectivity index (χ2n) is 5.02. The fourth-order valence-corrected chi connectivity index (χ4v) is 2.07. The number of hydrogen-bond donors (Lipinski definition) is 2. The first-order valence-electron chi connectivity index (χ1n) is 7.54. The van der Waals surface area contributed by atoms with Crippen molar-refractivity contribution in [3.8, 4) is 6.01 Å². The standard InChI is InChI=1S/C17H18N6O/c1-24-17-22-15(19-11-13-6-3-2-4-7-13)21-16(23-17)20-12-14-8-5-9-18-10-14/h2-10H,11-12H2,1H3,(H2,19,20,21,22,23). The Morgan fingerprint density at radius 1 is 0.833 bits per heavy atom. The minimum Gasteiger partial charge on any atom is -0.467 e. The fourth-order valence-electron chi connectivity index (χ4n) is 2.07. The maximum absolute atomic E-state index is 5.15. The number of benzene rings is 1. The summed E-state index contributed by atoms with van der Waals surface area (Å²) in [5.41, 5.74) is 2.18. The van der Waals surface area contributed by atoms with Gasteiger partial charge in [0.1, 0.15) is 0 Å². The van der Waals surface area contributed by atoms with Crippen molar-refractivity contribution in [3.05, 3.63) is 66.0 Å². The molecule has 2 heterocycles. The normalized spacial score (nSPS) is 10.2. The van der Waals surface area contributed by atoms with E-state index in [1.54, 1.807) is 12.4 Å². The van der Waals surface area contributed by atoms with Crippen molar-refractivity contribution < 1.29 is 4.74 Å². The van der Waals surface area contributed by atoms with Gasteiger partial charge in [0.15, 0.2) is 0 Å². The number of ether oxygens (including phenoxy) is 1. The molecule has 0 radical (unpaired) electrons. The average molecular weight is 322 g/mol. The van der Waals surface area contributed by atoms with E-state index < -0.39 is 0 Å². The van der Waals surface area contributed by atoms with E-state index in [0.29, 0.717) is 25.0 Å². The van der Waals surface area contributed by atoms with Crippen LogP contribution in [-0.4, -0.2) is 27.0 Å². The molecule has 0 aliphatic carbocycles. The maximum atomic E-state index is 5.15. The zero-order valence-electron chi connectivity index (χ0n) is 13.3. The van der Waals surface area contributed by atoms with E-state index >= 15 is 0 Å². The first-order valence-corrected chi connectivity index (χ1v) is 7.54. The van der Waals surface area contributed by atoms with Crippen LogP contribution in [0.2, 0.25) is 0 Å². The number of pyridine rings is 1. The lowest BCUT2D eigenvalue weighted by Crippen LogP contribution is -2.10. The van der Waals surface area contributed by atoms with Crippen LogP contribution in [0.3, 0.4) is 0 Å². The van der Waals surface area contributed by atoms with Gasteiger partial charge in [-0.15, -0.1) is 0 Å². The molecule has 7 nitrogen and oxygen atoms in total. The summed E-state index contributed by atoms with van der Waals surface area (Å²) in [5.74, 6) is 0.903. The van der Waals surface area contributed by atoms with Crippen LogP contribution in [0.15, 0.2) is 54.9 Å². The largest absolute Gasteiger partial charge is 0.467 e. The van der Waals surface area contributed by atoms with E-state index in [-0.39, 0.29) is 6.01 Å². The molecule has 2 aromatic heterocycles. The Morgan fingerprint density at radius 2 is 1.50 bits per heavy atom. The van der Waals surface area contributed by atoms with Crippen molar-refractivity contribution in [2.24, 2.45) is 0 Å². The second-order valence-corrected chi connectivity index (χ2v) is 5.02. The molecule has 0 bridgehead atoms. The van der Waals surface area contributed by atoms with Gasteiger partial charge >= 0.3 is 6.01 Å². The molecule has 0 saturated carbocycles. The molecule has 7 heteroatoms. The molecule has 2 N–H and O–H groups in total. The molecule has 0 spiro atoms. The van der Waals surface area contributed by atoms with E-state index in [1.807, 2.05) is 42.5 Å². The predicted molar refractivity (Wildman–Crippen MR) is 91.7 cm³/mol. The molecular weight excluding hydrogens is 304 g/mol. The third-order valence-corrected chi connectivity index (χ3v) is 3.26. The third-order valence-electron chi connectivity index (χ3n) is 3.26. The summed E-state index contributed by atoms with van der Waals surface area (Å²) < 4.78 is 5.15. The number of nitrogens with zero attached hydrogens (tertiary/aromatic N) is 4. The summed E-state index contributed by atoms with van der Waals surface area (Å²) in [6.07, 6.45) is 3.53. The summed E-state index contributed by atoms with van der Waals surface area (Å²) in [6, 6.07) is 14.2. The molecule has 0 atom stereocenters. The maximum Gasteiger partial charge on any atom is 0.322 e. The smallest absolute Gasteiger partial charge is 0.322 e. The summed E-state index contributed by atoms with van der Waals surface area (Å²) in [7, 11) is 1.53. The highest BCUT2D eigenvalue weighted by Gasteiger charge is 2.07. The van der Waals surface area contributed by atoms with E-state index in [4.69, 9.17) is 4.74 Å². The molecule has 24 heavy (non-hydrogen) atoms. The van der Waals surface area contributed by atoms with Gasteiger partial charge in [-0.3, -0.25) is 4.98 Å². The van der Waals surface area contributed by atoms with Crippen LogP contribution < -0.4 is 15.4 Å². The summed E-state index contributed by atoms with van der Waals surface area (Å²) in [4.78, 5) is 16.9. The summed E-state index contributed by atoms with van der Waals surface area (Å²) >= 11 is 0. The van der Waals surface area contributed by atoms with Crippen LogP contribution in [0.5, 0.6) is 6.01 Å². The van der Waals surface area contributed by atoms with E-state index in [2.05, 4.69) is 30.6 Å². The molecule has 0 aliphatic heterocycles. The highest BCUT2D eigenvalue weighted by Crippen LogP contribution is 2.12. The van der Waals surface area contributed by atoms with Gasteiger partial charge in [-0.2, -0.15) is 15.0 Å². The topological polar surface area (TPSA) is 84.9 Å². The highest BCUT2D eigenvalue weighted by atomic mass is 16.5. The predicted octanol–water partition coefficient (Wildman–Crippen LogP) is 2.50. The van der Waals surface area contributed by atoms with Crippen molar-refractivity contribution in [2.45, 2.75) is 13.1 Å². The second kappa shape index (κ2) is 7.87. The van der Waals surface area contributed by atoms with E-state index in [0.717, 1.165) is 11.1 Å². The molecule has 0 unspecified atom stereocenters. The van der Waals surface area contributed by atoms with Gasteiger partial charge in [-0.1, -0.05) is 36.4 Å². The number of methoxy groups -OCH3 is 1. The van der Waals surface area contributed by atoms with Crippen LogP contribution in [0.1, 0.15) is 11.1 Å². The number of aromatic nitrogens is 4. The van der Waals surface area contributed by atoms with Gasteiger partial charge in [0.2, 0.25) is 11.9 Å². The molecular formula is C17H18N6O. The third kappa shape index (κ3) is 4.39. The zero-order valence-corrected chi connectivity index (χ0v) is 13.3. The number of nitrogens with one attached hydrogen (secondary N) is 2. The minimum absolute atomic E-state index is 0.259. The van der Waals surface area contributed by atoms with Crippen molar-refractivity contribution in [1.82, 2.24) is 19.9 Å².